The van der Waals surface area contributed by atoms with Gasteiger partial charge in [-0.05, 0) is 61.7 Å². The lowest BCUT2D eigenvalue weighted by Crippen LogP contribution is -2.46. The van der Waals surface area contributed by atoms with Crippen molar-refractivity contribution >= 4 is 29.3 Å². The van der Waals surface area contributed by atoms with E-state index in [1.165, 1.54) is 36.0 Å². The smallest absolute Gasteiger partial charge is 0.234 e. The van der Waals surface area contributed by atoms with E-state index in [2.05, 4.69) is 10.6 Å². The van der Waals surface area contributed by atoms with Gasteiger partial charge in [0.15, 0.2) is 11.5 Å². The lowest BCUT2D eigenvalue weighted by molar-refractivity contribution is -0.120. The molecule has 33 heavy (non-hydrogen) atoms. The van der Waals surface area contributed by atoms with E-state index < -0.39 is 5.25 Å². The van der Waals surface area contributed by atoms with Crippen LogP contribution in [-0.4, -0.2) is 49.4 Å². The highest BCUT2D eigenvalue weighted by Gasteiger charge is 2.36. The van der Waals surface area contributed by atoms with E-state index in [1.807, 2.05) is 18.2 Å². The fourth-order valence-electron chi connectivity index (χ4n) is 3.96. The molecule has 0 radical (unpaired) electrons. The third-order valence-electron chi connectivity index (χ3n) is 6.00. The number of fused-ring (bicyclic) bond motifs is 1. The summed E-state index contributed by atoms with van der Waals surface area (Å²) in [6, 6.07) is 11.5. The highest BCUT2D eigenvalue weighted by molar-refractivity contribution is 8.01. The molecule has 0 aliphatic carbocycles. The summed E-state index contributed by atoms with van der Waals surface area (Å²) in [5.74, 6) is 0.840. The van der Waals surface area contributed by atoms with E-state index >= 15 is 0 Å². The van der Waals surface area contributed by atoms with E-state index in [0.29, 0.717) is 25.4 Å². The second-order valence-electron chi connectivity index (χ2n) is 8.19. The number of amides is 2. The summed E-state index contributed by atoms with van der Waals surface area (Å²) in [7, 11) is 0. The molecule has 176 valence electrons. The zero-order valence-corrected chi connectivity index (χ0v) is 19.2. The van der Waals surface area contributed by atoms with Crippen molar-refractivity contribution in [3.8, 4) is 11.5 Å². The summed E-state index contributed by atoms with van der Waals surface area (Å²) in [5, 5.41) is 5.37. The predicted octanol–water partition coefficient (Wildman–Crippen LogP) is 3.48. The molecule has 1 unspecified atom stereocenters. The third kappa shape index (κ3) is 5.78. The number of hydrogen-bond donors (Lipinski definition) is 2. The molecule has 2 aromatic rings. The van der Waals surface area contributed by atoms with Crippen LogP contribution >= 0.6 is 11.8 Å². The van der Waals surface area contributed by atoms with Gasteiger partial charge in [-0.3, -0.25) is 9.59 Å². The predicted molar refractivity (Wildman–Crippen MR) is 124 cm³/mol. The lowest BCUT2D eigenvalue weighted by atomic mass is 9.74. The first-order valence-electron chi connectivity index (χ1n) is 10.9. The SMILES string of the molecule is CC(SCC(=O)Nc1ccc(F)cc1)C(=O)NCC1(c2ccc3c(c2)OCO3)CCOCC1. The van der Waals surface area contributed by atoms with Crippen molar-refractivity contribution < 1.29 is 28.2 Å². The normalized spacial score (nSPS) is 17.3. The Morgan fingerprint density at radius 3 is 2.58 bits per heavy atom. The first-order chi connectivity index (χ1) is 15.9. The monoisotopic (exact) mass is 474 g/mol. The van der Waals surface area contributed by atoms with Crippen LogP contribution in [0.3, 0.4) is 0 Å². The maximum atomic E-state index is 13.0. The van der Waals surface area contributed by atoms with Gasteiger partial charge in [0.05, 0.1) is 11.0 Å². The molecule has 0 bridgehead atoms. The van der Waals surface area contributed by atoms with Gasteiger partial charge < -0.3 is 24.8 Å². The van der Waals surface area contributed by atoms with Gasteiger partial charge in [0.25, 0.3) is 0 Å². The van der Waals surface area contributed by atoms with Gasteiger partial charge in [-0.2, -0.15) is 0 Å². The highest BCUT2D eigenvalue weighted by Crippen LogP contribution is 2.40. The number of nitrogens with one attached hydrogen (secondary N) is 2. The molecule has 1 atom stereocenters. The summed E-state index contributed by atoms with van der Waals surface area (Å²) >= 11 is 1.25. The van der Waals surface area contributed by atoms with Crippen molar-refractivity contribution in [3.05, 3.63) is 53.8 Å². The number of carbonyl (C=O) groups is 2. The average Bonchev–Trinajstić information content (AvgIpc) is 3.31. The zero-order valence-electron chi connectivity index (χ0n) is 18.4. The van der Waals surface area contributed by atoms with E-state index in [-0.39, 0.29) is 35.6 Å². The highest BCUT2D eigenvalue weighted by atomic mass is 32.2. The van der Waals surface area contributed by atoms with Gasteiger partial charge in [0, 0.05) is 30.9 Å². The summed E-state index contributed by atoms with van der Waals surface area (Å²) in [4.78, 5) is 24.9. The topological polar surface area (TPSA) is 85.9 Å². The maximum Gasteiger partial charge on any atom is 0.234 e. The van der Waals surface area contributed by atoms with Crippen molar-refractivity contribution in [3.63, 3.8) is 0 Å². The number of anilines is 1. The summed E-state index contributed by atoms with van der Waals surface area (Å²) < 4.78 is 29.5. The van der Waals surface area contributed by atoms with Crippen LogP contribution in [0.2, 0.25) is 0 Å². The maximum absolute atomic E-state index is 13.0. The van der Waals surface area contributed by atoms with Crippen molar-refractivity contribution in [2.24, 2.45) is 0 Å². The third-order valence-corrected chi connectivity index (χ3v) is 7.14. The van der Waals surface area contributed by atoms with Crippen LogP contribution in [0.4, 0.5) is 10.1 Å². The molecule has 1 saturated heterocycles. The molecular formula is C24H27FN2O5S. The van der Waals surface area contributed by atoms with Gasteiger partial charge in [0.1, 0.15) is 5.82 Å². The van der Waals surface area contributed by atoms with Gasteiger partial charge in [-0.15, -0.1) is 11.8 Å². The van der Waals surface area contributed by atoms with Crippen molar-refractivity contribution in [2.45, 2.75) is 30.4 Å². The fraction of sp³-hybridized carbons (Fsp3) is 0.417. The number of ether oxygens (including phenoxy) is 3. The minimum atomic E-state index is -0.405. The second-order valence-corrected chi connectivity index (χ2v) is 9.52. The van der Waals surface area contributed by atoms with Crippen molar-refractivity contribution in [1.82, 2.24) is 5.32 Å². The molecule has 1 fully saturated rings. The Bertz CT molecular complexity index is 995. The van der Waals surface area contributed by atoms with Gasteiger partial charge in [-0.1, -0.05) is 6.07 Å². The van der Waals surface area contributed by atoms with Gasteiger partial charge >= 0.3 is 0 Å². The minimum absolute atomic E-state index is 0.118. The molecule has 2 amide bonds. The molecule has 0 spiro atoms. The van der Waals surface area contributed by atoms with Crippen LogP contribution < -0.4 is 20.1 Å². The molecule has 9 heteroatoms. The molecule has 2 N–H and O–H groups in total. The molecule has 4 rings (SSSR count). The fourth-order valence-corrected chi connectivity index (χ4v) is 4.67. The van der Waals surface area contributed by atoms with E-state index in [1.54, 1.807) is 6.92 Å². The second kappa shape index (κ2) is 10.4. The van der Waals surface area contributed by atoms with Crippen LogP contribution in [0.15, 0.2) is 42.5 Å². The van der Waals surface area contributed by atoms with Crippen molar-refractivity contribution in [1.29, 1.82) is 0 Å². The number of hydrogen-bond acceptors (Lipinski definition) is 6. The summed E-state index contributed by atoms with van der Waals surface area (Å²) in [6.07, 6.45) is 1.57. The molecule has 0 aromatic heterocycles. The largest absolute Gasteiger partial charge is 0.454 e. The number of carbonyl (C=O) groups excluding carboxylic acids is 2. The Balaban J connectivity index is 1.31. The Labute approximate surface area is 196 Å². The van der Waals surface area contributed by atoms with E-state index in [4.69, 9.17) is 14.2 Å². The van der Waals surface area contributed by atoms with Crippen molar-refractivity contribution in [2.75, 3.05) is 37.6 Å². The van der Waals surface area contributed by atoms with Crippen LogP contribution in [0.1, 0.15) is 25.3 Å². The first-order valence-corrected chi connectivity index (χ1v) is 11.9. The summed E-state index contributed by atoms with van der Waals surface area (Å²) in [6.45, 7) is 3.72. The Hall–Kier alpha value is -2.78. The Morgan fingerprint density at radius 2 is 1.82 bits per heavy atom. The van der Waals surface area contributed by atoms with Gasteiger partial charge in [0.2, 0.25) is 18.6 Å². The standard InChI is InChI=1S/C24H27FN2O5S/c1-16(33-13-22(28)27-19-5-3-18(25)4-6-19)23(29)26-14-24(8-10-30-11-9-24)17-2-7-20-21(12-17)32-15-31-20/h2-7,12,16H,8-11,13-15H2,1H3,(H,26,29)(H,27,28). The van der Waals surface area contributed by atoms with Crippen LogP contribution in [0, 0.1) is 5.82 Å². The lowest BCUT2D eigenvalue weighted by Gasteiger charge is -2.38. The molecule has 2 aromatic carbocycles. The number of thioether (sulfide) groups is 1. The van der Waals surface area contributed by atoms with E-state index in [9.17, 15) is 14.0 Å². The summed E-state index contributed by atoms with van der Waals surface area (Å²) in [5.41, 5.74) is 1.36. The molecule has 2 aliphatic heterocycles. The van der Waals surface area contributed by atoms with Gasteiger partial charge in [-0.25, -0.2) is 4.39 Å². The molecule has 2 heterocycles. The molecule has 0 saturated carbocycles. The van der Waals surface area contributed by atoms with Crippen LogP contribution in [0.5, 0.6) is 11.5 Å². The molecule has 2 aliphatic rings. The number of halogens is 1. The number of rotatable bonds is 8. The zero-order chi connectivity index (χ0) is 23.3. The molecule has 7 nitrogen and oxygen atoms in total. The van der Waals surface area contributed by atoms with Crippen LogP contribution in [-0.2, 0) is 19.7 Å². The Kier molecular flexibility index (Phi) is 7.39. The Morgan fingerprint density at radius 1 is 1.09 bits per heavy atom. The first kappa shape index (κ1) is 23.4. The quantitative estimate of drug-likeness (QED) is 0.609. The average molecular weight is 475 g/mol. The number of benzene rings is 2. The van der Waals surface area contributed by atoms with Crippen LogP contribution in [0.25, 0.3) is 0 Å². The minimum Gasteiger partial charge on any atom is -0.454 e. The molecular weight excluding hydrogens is 447 g/mol. The van der Waals surface area contributed by atoms with E-state index in [0.717, 1.165) is 29.9 Å².